The summed E-state index contributed by atoms with van der Waals surface area (Å²) in [5.74, 6) is 0.161. The molecule has 0 aromatic carbocycles. The van der Waals surface area contributed by atoms with Crippen molar-refractivity contribution in [2.45, 2.75) is 6.92 Å². The average Bonchev–Trinajstić information content (AvgIpc) is 2.23. The van der Waals surface area contributed by atoms with E-state index < -0.39 is 0 Å². The molecule has 3 heteroatoms. The lowest BCUT2D eigenvalue weighted by atomic mass is 10.2. The fourth-order valence-electron chi connectivity index (χ4n) is 1.24. The minimum Gasteiger partial charge on any atom is -0.506 e. The van der Waals surface area contributed by atoms with Gasteiger partial charge in [-0.3, -0.25) is 4.98 Å². The Bertz CT molecular complexity index is 440. The molecule has 14 heavy (non-hydrogen) atoms. The first-order chi connectivity index (χ1) is 6.77. The van der Waals surface area contributed by atoms with E-state index in [1.165, 1.54) is 0 Å². The molecule has 0 fully saturated rings. The highest BCUT2D eigenvalue weighted by Crippen LogP contribution is 2.24. The van der Waals surface area contributed by atoms with Crippen LogP contribution in [0.3, 0.4) is 0 Å². The van der Waals surface area contributed by atoms with Crippen LogP contribution in [-0.4, -0.2) is 15.1 Å². The van der Waals surface area contributed by atoms with Crippen LogP contribution in [0.4, 0.5) is 0 Å². The Morgan fingerprint density at radius 3 is 2.71 bits per heavy atom. The van der Waals surface area contributed by atoms with Gasteiger partial charge in [0.05, 0.1) is 5.69 Å². The molecule has 0 aliphatic heterocycles. The minimum absolute atomic E-state index is 0.161. The van der Waals surface area contributed by atoms with Crippen molar-refractivity contribution in [2.24, 2.45) is 0 Å². The fourth-order valence-corrected chi connectivity index (χ4v) is 1.24. The molecule has 0 aliphatic carbocycles. The number of hydrogen-bond donors (Lipinski definition) is 1. The molecule has 0 amide bonds. The Morgan fingerprint density at radius 1 is 1.14 bits per heavy atom. The summed E-state index contributed by atoms with van der Waals surface area (Å²) >= 11 is 0. The van der Waals surface area contributed by atoms with Crippen molar-refractivity contribution < 1.29 is 5.11 Å². The fraction of sp³-hybridized carbons (Fsp3) is 0.0909. The standard InChI is InChI=1S/C11H10N2O/c1-8-5-6-10(14)11(13-8)9-4-2-3-7-12-9/h2-7,14H,1H3. The molecule has 0 atom stereocenters. The van der Waals surface area contributed by atoms with Gasteiger partial charge in [0.15, 0.2) is 0 Å². The summed E-state index contributed by atoms with van der Waals surface area (Å²) in [6.07, 6.45) is 1.68. The Labute approximate surface area is 82.1 Å². The predicted molar refractivity (Wildman–Crippen MR) is 53.9 cm³/mol. The molecule has 2 aromatic rings. The molecule has 2 heterocycles. The van der Waals surface area contributed by atoms with Crippen LogP contribution in [0, 0.1) is 6.92 Å². The van der Waals surface area contributed by atoms with Crippen molar-refractivity contribution >= 4 is 0 Å². The maximum atomic E-state index is 9.59. The van der Waals surface area contributed by atoms with Crippen molar-refractivity contribution in [1.82, 2.24) is 9.97 Å². The highest BCUT2D eigenvalue weighted by atomic mass is 16.3. The van der Waals surface area contributed by atoms with Gasteiger partial charge in [-0.25, -0.2) is 4.98 Å². The lowest BCUT2D eigenvalue weighted by Gasteiger charge is -2.03. The molecule has 0 unspecified atom stereocenters. The Kier molecular flexibility index (Phi) is 2.14. The first kappa shape index (κ1) is 8.69. The second kappa shape index (κ2) is 3.46. The zero-order valence-corrected chi connectivity index (χ0v) is 7.81. The first-order valence-electron chi connectivity index (χ1n) is 4.35. The van der Waals surface area contributed by atoms with Gasteiger partial charge in [-0.1, -0.05) is 6.07 Å². The van der Waals surface area contributed by atoms with Gasteiger partial charge in [0.1, 0.15) is 11.4 Å². The van der Waals surface area contributed by atoms with Crippen LogP contribution in [0.15, 0.2) is 36.5 Å². The monoisotopic (exact) mass is 186 g/mol. The maximum Gasteiger partial charge on any atom is 0.143 e. The van der Waals surface area contributed by atoms with E-state index in [0.717, 1.165) is 5.69 Å². The third-order valence-electron chi connectivity index (χ3n) is 1.92. The number of aromatic hydroxyl groups is 1. The Balaban J connectivity index is 2.57. The topological polar surface area (TPSA) is 46.0 Å². The summed E-state index contributed by atoms with van der Waals surface area (Å²) < 4.78 is 0. The molecule has 0 radical (unpaired) electrons. The molecular weight excluding hydrogens is 176 g/mol. The summed E-state index contributed by atoms with van der Waals surface area (Å²) in [4.78, 5) is 8.36. The maximum absolute atomic E-state index is 9.59. The van der Waals surface area contributed by atoms with E-state index in [9.17, 15) is 5.11 Å². The second-order valence-electron chi connectivity index (χ2n) is 3.04. The number of hydrogen-bond acceptors (Lipinski definition) is 3. The van der Waals surface area contributed by atoms with Gasteiger partial charge in [0.2, 0.25) is 0 Å². The number of pyridine rings is 2. The highest BCUT2D eigenvalue weighted by Gasteiger charge is 2.06. The van der Waals surface area contributed by atoms with Gasteiger partial charge in [0, 0.05) is 11.9 Å². The van der Waals surface area contributed by atoms with Crippen LogP contribution >= 0.6 is 0 Å². The lowest BCUT2D eigenvalue weighted by Crippen LogP contribution is -1.89. The SMILES string of the molecule is Cc1ccc(O)c(-c2ccccn2)n1. The second-order valence-corrected chi connectivity index (χ2v) is 3.04. The van der Waals surface area contributed by atoms with Crippen LogP contribution in [0.25, 0.3) is 11.4 Å². The third kappa shape index (κ3) is 1.57. The van der Waals surface area contributed by atoms with E-state index in [2.05, 4.69) is 9.97 Å². The van der Waals surface area contributed by atoms with E-state index in [1.807, 2.05) is 25.1 Å². The lowest BCUT2D eigenvalue weighted by molar-refractivity contribution is 0.474. The molecule has 3 nitrogen and oxygen atoms in total. The number of rotatable bonds is 1. The van der Waals surface area contributed by atoms with Gasteiger partial charge in [-0.2, -0.15) is 0 Å². The van der Waals surface area contributed by atoms with Crippen molar-refractivity contribution in [2.75, 3.05) is 0 Å². The van der Waals surface area contributed by atoms with Crippen molar-refractivity contribution in [1.29, 1.82) is 0 Å². The molecule has 1 N–H and O–H groups in total. The van der Waals surface area contributed by atoms with E-state index in [-0.39, 0.29) is 5.75 Å². The van der Waals surface area contributed by atoms with Crippen LogP contribution in [0.2, 0.25) is 0 Å². The first-order valence-corrected chi connectivity index (χ1v) is 4.35. The number of nitrogens with zero attached hydrogens (tertiary/aromatic N) is 2. The smallest absolute Gasteiger partial charge is 0.143 e. The summed E-state index contributed by atoms with van der Waals surface area (Å²) in [6.45, 7) is 1.88. The third-order valence-corrected chi connectivity index (χ3v) is 1.92. The molecule has 0 saturated carbocycles. The van der Waals surface area contributed by atoms with Gasteiger partial charge >= 0.3 is 0 Å². The molecule has 2 rings (SSSR count). The highest BCUT2D eigenvalue weighted by molar-refractivity contribution is 5.61. The predicted octanol–water partition coefficient (Wildman–Crippen LogP) is 2.16. The van der Waals surface area contributed by atoms with Crippen molar-refractivity contribution in [3.8, 4) is 17.1 Å². The van der Waals surface area contributed by atoms with Gasteiger partial charge in [0.25, 0.3) is 0 Å². The van der Waals surface area contributed by atoms with Crippen molar-refractivity contribution in [3.05, 3.63) is 42.2 Å². The quantitative estimate of drug-likeness (QED) is 0.742. The van der Waals surface area contributed by atoms with Crippen molar-refractivity contribution in [3.63, 3.8) is 0 Å². The largest absolute Gasteiger partial charge is 0.506 e. The van der Waals surface area contributed by atoms with Crippen LogP contribution in [-0.2, 0) is 0 Å². The van der Waals surface area contributed by atoms with Gasteiger partial charge < -0.3 is 5.11 Å². The molecule has 2 aromatic heterocycles. The molecule has 0 bridgehead atoms. The molecule has 0 aliphatic rings. The minimum atomic E-state index is 0.161. The zero-order valence-electron chi connectivity index (χ0n) is 7.81. The van der Waals surface area contributed by atoms with Gasteiger partial charge in [-0.05, 0) is 31.2 Å². The normalized spacial score (nSPS) is 10.1. The molecular formula is C11H10N2O. The average molecular weight is 186 g/mol. The van der Waals surface area contributed by atoms with E-state index in [1.54, 1.807) is 18.3 Å². The summed E-state index contributed by atoms with van der Waals surface area (Å²) in [6, 6.07) is 8.91. The van der Waals surface area contributed by atoms with E-state index >= 15 is 0 Å². The molecule has 0 saturated heterocycles. The molecule has 0 spiro atoms. The summed E-state index contributed by atoms with van der Waals surface area (Å²) in [5, 5.41) is 9.59. The Hall–Kier alpha value is -1.90. The van der Waals surface area contributed by atoms with E-state index in [4.69, 9.17) is 0 Å². The van der Waals surface area contributed by atoms with Gasteiger partial charge in [-0.15, -0.1) is 0 Å². The number of aryl methyl sites for hydroxylation is 1. The Morgan fingerprint density at radius 2 is 2.00 bits per heavy atom. The van der Waals surface area contributed by atoms with E-state index in [0.29, 0.717) is 11.4 Å². The molecule has 70 valence electrons. The zero-order chi connectivity index (χ0) is 9.97. The van der Waals surface area contributed by atoms with Crippen LogP contribution in [0.5, 0.6) is 5.75 Å². The summed E-state index contributed by atoms with van der Waals surface area (Å²) in [5.41, 5.74) is 2.09. The van der Waals surface area contributed by atoms with Crippen LogP contribution in [0.1, 0.15) is 5.69 Å². The van der Waals surface area contributed by atoms with Crippen LogP contribution < -0.4 is 0 Å². The number of aromatic nitrogens is 2. The summed E-state index contributed by atoms with van der Waals surface area (Å²) in [7, 11) is 0.